The third-order valence-electron chi connectivity index (χ3n) is 2.59. The summed E-state index contributed by atoms with van der Waals surface area (Å²) in [6.45, 7) is 18.4. The minimum Gasteiger partial charge on any atom is -0.507 e. The quantitative estimate of drug-likeness (QED) is 0.513. The molecular weight excluding hydrogens is 196 g/mol. The van der Waals surface area contributed by atoms with Crippen molar-refractivity contribution in [2.24, 2.45) is 10.8 Å². The van der Waals surface area contributed by atoms with E-state index in [0.717, 1.165) is 11.1 Å². The van der Waals surface area contributed by atoms with E-state index < -0.39 is 0 Å². The zero-order valence-electron chi connectivity index (χ0n) is 11.8. The SMILES string of the molecule is C=C(/C(O)=C(\C=C/C)C(C)(C)C)C(C)(C)C. The van der Waals surface area contributed by atoms with E-state index >= 15 is 0 Å². The first kappa shape index (κ1) is 15.0. The van der Waals surface area contributed by atoms with Crippen LogP contribution in [0.5, 0.6) is 0 Å². The Morgan fingerprint density at radius 3 is 1.69 bits per heavy atom. The Morgan fingerprint density at radius 1 is 1.00 bits per heavy atom. The molecule has 0 atom stereocenters. The Labute approximate surface area is 101 Å². The molecule has 1 N–H and O–H groups in total. The fourth-order valence-corrected chi connectivity index (χ4v) is 1.37. The second-order valence-electron chi connectivity index (χ2n) is 6.24. The summed E-state index contributed by atoms with van der Waals surface area (Å²) in [6, 6.07) is 0. The molecule has 0 heterocycles. The number of allylic oxidation sites excluding steroid dienone is 4. The third kappa shape index (κ3) is 3.88. The first-order valence-electron chi connectivity index (χ1n) is 5.78. The topological polar surface area (TPSA) is 20.2 Å². The molecule has 0 spiro atoms. The van der Waals surface area contributed by atoms with Crippen molar-refractivity contribution >= 4 is 0 Å². The van der Waals surface area contributed by atoms with Gasteiger partial charge in [-0.25, -0.2) is 0 Å². The Bertz CT molecular complexity index is 316. The van der Waals surface area contributed by atoms with Crippen molar-refractivity contribution in [1.82, 2.24) is 0 Å². The third-order valence-corrected chi connectivity index (χ3v) is 2.59. The number of aliphatic hydroxyl groups is 1. The molecule has 0 fully saturated rings. The molecule has 92 valence electrons. The van der Waals surface area contributed by atoms with E-state index in [2.05, 4.69) is 48.1 Å². The van der Waals surface area contributed by atoms with Gasteiger partial charge in [0.1, 0.15) is 5.76 Å². The molecule has 0 amide bonds. The van der Waals surface area contributed by atoms with Gasteiger partial charge in [-0.3, -0.25) is 0 Å². The summed E-state index contributed by atoms with van der Waals surface area (Å²) in [7, 11) is 0. The molecule has 0 aromatic heterocycles. The van der Waals surface area contributed by atoms with Crippen molar-refractivity contribution in [1.29, 1.82) is 0 Å². The van der Waals surface area contributed by atoms with Crippen LogP contribution in [-0.4, -0.2) is 5.11 Å². The fraction of sp³-hybridized carbons (Fsp3) is 0.600. The molecule has 0 rings (SSSR count). The van der Waals surface area contributed by atoms with Crippen LogP contribution in [0.2, 0.25) is 0 Å². The van der Waals surface area contributed by atoms with Crippen molar-refractivity contribution in [3.05, 3.63) is 35.6 Å². The second kappa shape index (κ2) is 4.90. The van der Waals surface area contributed by atoms with Gasteiger partial charge < -0.3 is 5.11 Å². The average Bonchev–Trinajstić information content (AvgIpc) is 2.08. The molecule has 0 saturated carbocycles. The smallest absolute Gasteiger partial charge is 0.122 e. The van der Waals surface area contributed by atoms with E-state index in [9.17, 15) is 5.11 Å². The van der Waals surface area contributed by atoms with E-state index in [1.165, 1.54) is 0 Å². The van der Waals surface area contributed by atoms with Gasteiger partial charge in [0.25, 0.3) is 0 Å². The summed E-state index contributed by atoms with van der Waals surface area (Å²) in [5.41, 5.74) is 1.54. The molecular formula is C15H26O. The minimum atomic E-state index is -0.109. The van der Waals surface area contributed by atoms with Crippen LogP contribution < -0.4 is 0 Å². The van der Waals surface area contributed by atoms with Crippen LogP contribution in [0.15, 0.2) is 35.6 Å². The first-order chi connectivity index (χ1) is 7.01. The fourth-order valence-electron chi connectivity index (χ4n) is 1.37. The second-order valence-corrected chi connectivity index (χ2v) is 6.24. The van der Waals surface area contributed by atoms with Crippen molar-refractivity contribution in [3.63, 3.8) is 0 Å². The normalized spacial score (nSPS) is 15.2. The van der Waals surface area contributed by atoms with Crippen molar-refractivity contribution in [2.75, 3.05) is 0 Å². The maximum atomic E-state index is 10.3. The monoisotopic (exact) mass is 222 g/mol. The molecule has 1 heteroatoms. The van der Waals surface area contributed by atoms with Gasteiger partial charge in [0.15, 0.2) is 0 Å². The molecule has 0 aliphatic carbocycles. The summed E-state index contributed by atoms with van der Waals surface area (Å²) >= 11 is 0. The summed E-state index contributed by atoms with van der Waals surface area (Å²) in [5, 5.41) is 10.3. The molecule has 0 unspecified atom stereocenters. The van der Waals surface area contributed by atoms with Crippen LogP contribution in [0.1, 0.15) is 48.5 Å². The largest absolute Gasteiger partial charge is 0.507 e. The Morgan fingerprint density at radius 2 is 1.44 bits per heavy atom. The molecule has 0 aliphatic rings. The maximum Gasteiger partial charge on any atom is 0.122 e. The summed E-state index contributed by atoms with van der Waals surface area (Å²) < 4.78 is 0. The number of hydrogen-bond acceptors (Lipinski definition) is 1. The Kier molecular flexibility index (Phi) is 4.60. The highest BCUT2D eigenvalue weighted by molar-refractivity contribution is 5.39. The van der Waals surface area contributed by atoms with Crippen LogP contribution in [0, 0.1) is 10.8 Å². The van der Waals surface area contributed by atoms with Gasteiger partial charge in [0.05, 0.1) is 0 Å². The van der Waals surface area contributed by atoms with Crippen LogP contribution in [-0.2, 0) is 0 Å². The van der Waals surface area contributed by atoms with Crippen LogP contribution in [0.25, 0.3) is 0 Å². The van der Waals surface area contributed by atoms with Gasteiger partial charge >= 0.3 is 0 Å². The lowest BCUT2D eigenvalue weighted by molar-refractivity contribution is 0.357. The summed E-state index contributed by atoms with van der Waals surface area (Å²) in [5.74, 6) is 0.332. The molecule has 0 aromatic carbocycles. The zero-order chi connectivity index (χ0) is 13.1. The lowest BCUT2D eigenvalue weighted by Crippen LogP contribution is -2.16. The Hall–Kier alpha value is -0.980. The summed E-state index contributed by atoms with van der Waals surface area (Å²) in [4.78, 5) is 0. The molecule has 16 heavy (non-hydrogen) atoms. The van der Waals surface area contributed by atoms with Crippen molar-refractivity contribution in [2.45, 2.75) is 48.5 Å². The van der Waals surface area contributed by atoms with E-state index in [0.29, 0.717) is 5.76 Å². The van der Waals surface area contributed by atoms with E-state index in [4.69, 9.17) is 0 Å². The zero-order valence-corrected chi connectivity index (χ0v) is 11.8. The van der Waals surface area contributed by atoms with Crippen molar-refractivity contribution < 1.29 is 5.11 Å². The highest BCUT2D eigenvalue weighted by Crippen LogP contribution is 2.36. The number of aliphatic hydroxyl groups excluding tert-OH is 1. The van der Waals surface area contributed by atoms with E-state index in [1.54, 1.807) is 0 Å². The van der Waals surface area contributed by atoms with Crippen molar-refractivity contribution in [3.8, 4) is 0 Å². The number of hydrogen-bond donors (Lipinski definition) is 1. The van der Waals surface area contributed by atoms with Gasteiger partial charge in [-0.05, 0) is 28.9 Å². The average molecular weight is 222 g/mol. The van der Waals surface area contributed by atoms with E-state index in [1.807, 2.05) is 19.1 Å². The highest BCUT2D eigenvalue weighted by atomic mass is 16.3. The van der Waals surface area contributed by atoms with Gasteiger partial charge in [0.2, 0.25) is 0 Å². The predicted molar refractivity (Wildman–Crippen MR) is 72.5 cm³/mol. The number of rotatable bonds is 2. The van der Waals surface area contributed by atoms with Crippen LogP contribution in [0.3, 0.4) is 0 Å². The maximum absolute atomic E-state index is 10.3. The predicted octanol–water partition coefficient (Wildman–Crippen LogP) is 5.02. The summed E-state index contributed by atoms with van der Waals surface area (Å²) in [6.07, 6.45) is 3.92. The van der Waals surface area contributed by atoms with Crippen LogP contribution in [0.4, 0.5) is 0 Å². The lowest BCUT2D eigenvalue weighted by atomic mass is 9.79. The standard InChI is InChI=1S/C15H26O/c1-9-10-12(15(6,7)8)13(16)11(2)14(3,4)5/h9-10,16H,2H2,1,3-8H3/b10-9-,13-12-. The molecule has 0 aliphatic heterocycles. The first-order valence-corrected chi connectivity index (χ1v) is 5.78. The highest BCUT2D eigenvalue weighted by Gasteiger charge is 2.25. The van der Waals surface area contributed by atoms with Gasteiger partial charge in [-0.15, -0.1) is 0 Å². The molecule has 0 radical (unpaired) electrons. The molecule has 0 bridgehead atoms. The minimum absolute atomic E-state index is 0.0786. The Balaban J connectivity index is 5.56. The molecule has 1 nitrogen and oxygen atoms in total. The molecule has 0 aromatic rings. The van der Waals surface area contributed by atoms with Gasteiger partial charge in [-0.2, -0.15) is 0 Å². The van der Waals surface area contributed by atoms with Crippen LogP contribution >= 0.6 is 0 Å². The van der Waals surface area contributed by atoms with Gasteiger partial charge in [0, 0.05) is 0 Å². The van der Waals surface area contributed by atoms with E-state index in [-0.39, 0.29) is 10.8 Å². The lowest BCUT2D eigenvalue weighted by Gasteiger charge is -2.27. The van der Waals surface area contributed by atoms with Gasteiger partial charge in [-0.1, -0.05) is 60.3 Å². The molecule has 0 saturated heterocycles.